The highest BCUT2D eigenvalue weighted by atomic mass is 19.4. The van der Waals surface area contributed by atoms with Gasteiger partial charge in [-0.15, -0.1) is 0 Å². The van der Waals surface area contributed by atoms with Crippen molar-refractivity contribution in [2.75, 3.05) is 0 Å². The van der Waals surface area contributed by atoms with E-state index in [-0.39, 0.29) is 17.8 Å². The van der Waals surface area contributed by atoms with Gasteiger partial charge in [-0.3, -0.25) is 4.79 Å². The maximum atomic E-state index is 12.4. The van der Waals surface area contributed by atoms with Gasteiger partial charge >= 0.3 is 12.1 Å². The second-order valence-electron chi connectivity index (χ2n) is 4.63. The topological polar surface area (TPSA) is 68.0 Å². The number of halogens is 3. The van der Waals surface area contributed by atoms with Crippen LogP contribution >= 0.6 is 0 Å². The number of carbonyl (C=O) groups is 1. The van der Waals surface area contributed by atoms with Crippen LogP contribution in [-0.4, -0.2) is 22.1 Å². The summed E-state index contributed by atoms with van der Waals surface area (Å²) in [7, 11) is 0. The van der Waals surface area contributed by atoms with Gasteiger partial charge in [0, 0.05) is 17.2 Å². The molecule has 2 rings (SSSR count). The Morgan fingerprint density at radius 2 is 1.86 bits per heavy atom. The summed E-state index contributed by atoms with van der Waals surface area (Å²) < 4.78 is 41.2. The first-order chi connectivity index (χ1) is 9.77. The molecule has 0 unspecified atom stereocenters. The minimum atomic E-state index is -4.68. The van der Waals surface area contributed by atoms with Gasteiger partial charge in [-0.2, -0.15) is 18.2 Å². The van der Waals surface area contributed by atoms with Crippen molar-refractivity contribution in [2.24, 2.45) is 0 Å². The van der Waals surface area contributed by atoms with Crippen molar-refractivity contribution < 1.29 is 22.5 Å². The fourth-order valence-electron chi connectivity index (χ4n) is 1.57. The van der Waals surface area contributed by atoms with Crippen molar-refractivity contribution in [1.29, 1.82) is 0 Å². The monoisotopic (exact) mass is 299 g/mol. The Balaban J connectivity index is 2.19. The fourth-order valence-corrected chi connectivity index (χ4v) is 1.57. The molecule has 1 heterocycles. The van der Waals surface area contributed by atoms with Crippen LogP contribution in [0.2, 0.25) is 0 Å². The quantitative estimate of drug-likeness (QED) is 0.946. The number of alkyl halides is 3. The molecule has 0 bridgehead atoms. The van der Waals surface area contributed by atoms with E-state index in [4.69, 9.17) is 0 Å². The maximum Gasteiger partial charge on any atom is 0.471 e. The van der Waals surface area contributed by atoms with Crippen molar-refractivity contribution in [3.63, 3.8) is 0 Å². The van der Waals surface area contributed by atoms with E-state index in [1.54, 1.807) is 0 Å². The Kier molecular flexibility index (Phi) is 3.97. The van der Waals surface area contributed by atoms with Crippen molar-refractivity contribution in [3.8, 4) is 11.4 Å². The lowest BCUT2D eigenvalue weighted by molar-refractivity contribution is -0.159. The average Bonchev–Trinajstić information content (AvgIpc) is 2.87. The van der Waals surface area contributed by atoms with Gasteiger partial charge in [-0.25, -0.2) is 0 Å². The highest BCUT2D eigenvalue weighted by molar-refractivity contribution is 5.94. The predicted octanol–water partition coefficient (Wildman–Crippen LogP) is 2.89. The van der Waals surface area contributed by atoms with Crippen LogP contribution in [0, 0.1) is 0 Å². The summed E-state index contributed by atoms with van der Waals surface area (Å²) in [4.78, 5) is 15.0. The van der Waals surface area contributed by atoms with Crippen LogP contribution in [-0.2, 0) is 6.18 Å². The SMILES string of the molecule is CC(C)NC(=O)c1ccc(-c2noc(C(F)(F)F)n2)cc1. The molecule has 2 aromatic rings. The summed E-state index contributed by atoms with van der Waals surface area (Å²) in [5, 5.41) is 5.97. The second kappa shape index (κ2) is 5.55. The predicted molar refractivity (Wildman–Crippen MR) is 67.3 cm³/mol. The van der Waals surface area contributed by atoms with Gasteiger partial charge in [0.2, 0.25) is 5.82 Å². The first-order valence-corrected chi connectivity index (χ1v) is 6.09. The van der Waals surface area contributed by atoms with E-state index < -0.39 is 12.1 Å². The first-order valence-electron chi connectivity index (χ1n) is 6.09. The smallest absolute Gasteiger partial charge is 0.350 e. The Labute approximate surface area is 118 Å². The van der Waals surface area contributed by atoms with Crippen LogP contribution in [0.3, 0.4) is 0 Å². The second-order valence-corrected chi connectivity index (χ2v) is 4.63. The van der Waals surface area contributed by atoms with Gasteiger partial charge in [-0.05, 0) is 26.0 Å². The molecule has 0 fully saturated rings. The van der Waals surface area contributed by atoms with E-state index in [9.17, 15) is 18.0 Å². The van der Waals surface area contributed by atoms with E-state index in [1.165, 1.54) is 24.3 Å². The molecule has 1 aromatic carbocycles. The molecule has 0 aliphatic rings. The van der Waals surface area contributed by atoms with Crippen LogP contribution in [0.25, 0.3) is 11.4 Å². The van der Waals surface area contributed by atoms with Crippen LogP contribution in [0.5, 0.6) is 0 Å². The lowest BCUT2D eigenvalue weighted by Crippen LogP contribution is -2.29. The van der Waals surface area contributed by atoms with Gasteiger partial charge in [0.25, 0.3) is 5.91 Å². The summed E-state index contributed by atoms with van der Waals surface area (Å²) in [6.45, 7) is 3.65. The molecule has 1 N–H and O–H groups in total. The molecule has 8 heteroatoms. The normalized spacial score (nSPS) is 11.7. The molecule has 0 radical (unpaired) electrons. The van der Waals surface area contributed by atoms with Crippen molar-refractivity contribution in [1.82, 2.24) is 15.5 Å². The first kappa shape index (κ1) is 15.0. The van der Waals surface area contributed by atoms with Crippen LogP contribution in [0.15, 0.2) is 28.8 Å². The molecular formula is C13H12F3N3O2. The minimum absolute atomic E-state index is 0.0104. The number of hydrogen-bond donors (Lipinski definition) is 1. The molecule has 112 valence electrons. The molecule has 0 spiro atoms. The number of amides is 1. The summed E-state index contributed by atoms with van der Waals surface area (Å²) in [6.07, 6.45) is -4.68. The lowest BCUT2D eigenvalue weighted by atomic mass is 10.1. The van der Waals surface area contributed by atoms with E-state index in [0.717, 1.165) is 0 Å². The minimum Gasteiger partial charge on any atom is -0.350 e. The molecule has 1 amide bonds. The molecule has 0 saturated heterocycles. The highest BCUT2D eigenvalue weighted by Crippen LogP contribution is 2.29. The van der Waals surface area contributed by atoms with Crippen LogP contribution in [0.1, 0.15) is 30.1 Å². The molecule has 0 saturated carbocycles. The number of hydrogen-bond acceptors (Lipinski definition) is 4. The van der Waals surface area contributed by atoms with Gasteiger partial charge in [0.1, 0.15) is 0 Å². The Morgan fingerprint density at radius 1 is 1.24 bits per heavy atom. The molecule has 0 aliphatic carbocycles. The average molecular weight is 299 g/mol. The van der Waals surface area contributed by atoms with E-state index in [1.807, 2.05) is 13.8 Å². The van der Waals surface area contributed by atoms with Crippen molar-refractivity contribution in [3.05, 3.63) is 35.7 Å². The molecule has 0 aliphatic heterocycles. The van der Waals surface area contributed by atoms with Crippen LogP contribution < -0.4 is 5.32 Å². The zero-order chi connectivity index (χ0) is 15.6. The third kappa shape index (κ3) is 3.59. The summed E-state index contributed by atoms with van der Waals surface area (Å²) in [6, 6.07) is 5.87. The lowest BCUT2D eigenvalue weighted by Gasteiger charge is -2.08. The summed E-state index contributed by atoms with van der Waals surface area (Å²) in [5.41, 5.74) is 0.724. The maximum absolute atomic E-state index is 12.4. The number of benzene rings is 1. The molecule has 21 heavy (non-hydrogen) atoms. The van der Waals surface area contributed by atoms with Crippen molar-refractivity contribution >= 4 is 5.91 Å². The van der Waals surface area contributed by atoms with E-state index in [2.05, 4.69) is 20.0 Å². The number of aromatic nitrogens is 2. The van der Waals surface area contributed by atoms with Crippen LogP contribution in [0.4, 0.5) is 13.2 Å². The van der Waals surface area contributed by atoms with Crippen molar-refractivity contribution in [2.45, 2.75) is 26.1 Å². The summed E-state index contributed by atoms with van der Waals surface area (Å²) >= 11 is 0. The van der Waals surface area contributed by atoms with Gasteiger partial charge in [0.05, 0.1) is 0 Å². The molecular weight excluding hydrogens is 287 g/mol. The summed E-state index contributed by atoms with van der Waals surface area (Å²) in [5.74, 6) is -1.85. The van der Waals surface area contributed by atoms with Gasteiger partial charge in [0.15, 0.2) is 0 Å². The Morgan fingerprint density at radius 3 is 2.33 bits per heavy atom. The standard InChI is InChI=1S/C13H12F3N3O2/c1-7(2)17-11(20)9-5-3-8(4-6-9)10-18-12(21-19-10)13(14,15)16/h3-7H,1-2H3,(H,17,20). The number of nitrogens with zero attached hydrogens (tertiary/aromatic N) is 2. The van der Waals surface area contributed by atoms with Gasteiger partial charge < -0.3 is 9.84 Å². The number of carbonyl (C=O) groups excluding carboxylic acids is 1. The Hall–Kier alpha value is -2.38. The zero-order valence-electron chi connectivity index (χ0n) is 11.2. The molecule has 1 aromatic heterocycles. The number of rotatable bonds is 3. The molecule has 5 nitrogen and oxygen atoms in total. The third-order valence-corrected chi connectivity index (χ3v) is 2.49. The molecule has 0 atom stereocenters. The number of nitrogens with one attached hydrogen (secondary N) is 1. The van der Waals surface area contributed by atoms with E-state index >= 15 is 0 Å². The zero-order valence-corrected chi connectivity index (χ0v) is 11.2. The Bertz CT molecular complexity index is 633. The fraction of sp³-hybridized carbons (Fsp3) is 0.308. The highest BCUT2D eigenvalue weighted by Gasteiger charge is 2.38. The largest absolute Gasteiger partial charge is 0.471 e. The third-order valence-electron chi connectivity index (χ3n) is 2.49. The van der Waals surface area contributed by atoms with Gasteiger partial charge in [-0.1, -0.05) is 17.3 Å². The van der Waals surface area contributed by atoms with E-state index in [0.29, 0.717) is 11.1 Å².